The van der Waals surface area contributed by atoms with E-state index in [0.717, 1.165) is 46.4 Å². The van der Waals surface area contributed by atoms with Gasteiger partial charge >= 0.3 is 0 Å². The van der Waals surface area contributed by atoms with E-state index < -0.39 is 0 Å². The largest absolute Gasteiger partial charge is 0.378 e. The van der Waals surface area contributed by atoms with Crippen molar-refractivity contribution in [1.82, 2.24) is 24.8 Å². The minimum Gasteiger partial charge on any atom is -0.378 e. The summed E-state index contributed by atoms with van der Waals surface area (Å²) in [7, 11) is 1.84. The van der Waals surface area contributed by atoms with Gasteiger partial charge in [0, 0.05) is 44.5 Å². The number of carbonyl (C=O) groups excluding carboxylic acids is 1. The van der Waals surface area contributed by atoms with Gasteiger partial charge in [0.1, 0.15) is 0 Å². The molecule has 2 aliphatic heterocycles. The molecule has 4 heterocycles. The zero-order chi connectivity index (χ0) is 26.7. The lowest BCUT2D eigenvalue weighted by Crippen LogP contribution is -2.43. The van der Waals surface area contributed by atoms with Gasteiger partial charge < -0.3 is 29.5 Å². The summed E-state index contributed by atoms with van der Waals surface area (Å²) < 4.78 is 12.9. The van der Waals surface area contributed by atoms with Gasteiger partial charge in [-0.3, -0.25) is 4.79 Å². The summed E-state index contributed by atoms with van der Waals surface area (Å²) in [6, 6.07) is 6.00. The van der Waals surface area contributed by atoms with Crippen molar-refractivity contribution < 1.29 is 14.3 Å². The Balaban J connectivity index is 1.33. The Morgan fingerprint density at radius 3 is 2.18 bits per heavy atom. The molecule has 5 rings (SSSR count). The number of hydrogen-bond donors (Lipinski definition) is 1. The van der Waals surface area contributed by atoms with Crippen molar-refractivity contribution in [2.75, 3.05) is 80.5 Å². The monoisotopic (exact) mass is 558 g/mol. The number of fused-ring (bicyclic) bond motifs is 1. The zero-order valence-electron chi connectivity index (χ0n) is 22.3. The van der Waals surface area contributed by atoms with Crippen molar-refractivity contribution in [1.29, 1.82) is 0 Å². The molecule has 2 saturated heterocycles. The standard InChI is InChI=1S/C25H34N8O3S2/c1-25(2,3)31(4)20(34)16-37-24-27-18-6-5-17(15-19(18)38-24)26-21-28-22(32-7-11-35-12-8-32)30-23(29-21)33-9-13-36-14-10-33/h5-6,15H,7-14,16H2,1-4H3,(H,26,28,29,30). The number of ether oxygens (including phenoxy) is 2. The van der Waals surface area contributed by atoms with Crippen LogP contribution in [0.5, 0.6) is 0 Å². The van der Waals surface area contributed by atoms with Crippen molar-refractivity contribution in [2.24, 2.45) is 0 Å². The Labute approximate surface area is 230 Å². The molecule has 3 aromatic rings. The van der Waals surface area contributed by atoms with Crippen LogP contribution < -0.4 is 15.1 Å². The molecule has 11 nitrogen and oxygen atoms in total. The Morgan fingerprint density at radius 2 is 1.61 bits per heavy atom. The van der Waals surface area contributed by atoms with Crippen LogP contribution in [0.3, 0.4) is 0 Å². The Bertz CT molecular complexity index is 1230. The topological polar surface area (TPSA) is 109 Å². The van der Waals surface area contributed by atoms with Gasteiger partial charge in [0.05, 0.1) is 42.4 Å². The minimum absolute atomic E-state index is 0.0890. The molecule has 0 aliphatic carbocycles. The van der Waals surface area contributed by atoms with Gasteiger partial charge in [-0.1, -0.05) is 11.8 Å². The number of amides is 1. The Hall–Kier alpha value is -2.74. The molecule has 0 saturated carbocycles. The molecule has 1 aromatic carbocycles. The van der Waals surface area contributed by atoms with Crippen LogP contribution in [0, 0.1) is 0 Å². The SMILES string of the molecule is CN(C(=O)CSc1nc2ccc(Nc3nc(N4CCOCC4)nc(N4CCOCC4)n3)cc2s1)C(C)(C)C. The summed E-state index contributed by atoms with van der Waals surface area (Å²) in [5.74, 6) is 2.24. The number of nitrogens with one attached hydrogen (secondary N) is 1. The molecular formula is C25H34N8O3S2. The molecule has 0 atom stereocenters. The normalized spacial score (nSPS) is 16.6. The molecule has 0 spiro atoms. The first-order chi connectivity index (χ1) is 18.3. The number of rotatable bonds is 7. The minimum atomic E-state index is -0.204. The third-order valence-electron chi connectivity index (χ3n) is 6.52. The molecule has 2 fully saturated rings. The van der Waals surface area contributed by atoms with Crippen molar-refractivity contribution in [2.45, 2.75) is 30.6 Å². The fraction of sp³-hybridized carbons (Fsp3) is 0.560. The van der Waals surface area contributed by atoms with E-state index in [2.05, 4.69) is 15.1 Å². The highest BCUT2D eigenvalue weighted by molar-refractivity contribution is 8.01. The van der Waals surface area contributed by atoms with Crippen LogP contribution in [-0.2, 0) is 14.3 Å². The van der Waals surface area contributed by atoms with Crippen molar-refractivity contribution in [3.63, 3.8) is 0 Å². The first-order valence-electron chi connectivity index (χ1n) is 12.7. The summed E-state index contributed by atoms with van der Waals surface area (Å²) in [5, 5.41) is 3.38. The van der Waals surface area contributed by atoms with Gasteiger partial charge in [-0.15, -0.1) is 11.3 Å². The third kappa shape index (κ3) is 6.45. The van der Waals surface area contributed by atoms with E-state index in [1.807, 2.05) is 46.0 Å². The molecular weight excluding hydrogens is 524 g/mol. The van der Waals surface area contributed by atoms with Gasteiger partial charge in [-0.05, 0) is 39.0 Å². The molecule has 1 amide bonds. The van der Waals surface area contributed by atoms with E-state index in [-0.39, 0.29) is 11.4 Å². The molecule has 0 radical (unpaired) electrons. The summed E-state index contributed by atoms with van der Waals surface area (Å²) >= 11 is 3.05. The predicted octanol–water partition coefficient (Wildman–Crippen LogP) is 3.25. The number of morpholine rings is 2. The van der Waals surface area contributed by atoms with Gasteiger partial charge in [-0.25, -0.2) is 4.98 Å². The van der Waals surface area contributed by atoms with Crippen LogP contribution in [0.4, 0.5) is 23.5 Å². The maximum Gasteiger partial charge on any atom is 0.233 e. The number of nitrogens with zero attached hydrogens (tertiary/aromatic N) is 7. The highest BCUT2D eigenvalue weighted by atomic mass is 32.2. The number of carbonyl (C=O) groups is 1. The molecule has 0 unspecified atom stereocenters. The van der Waals surface area contributed by atoms with Gasteiger partial charge in [0.2, 0.25) is 23.8 Å². The Kier molecular flexibility index (Phi) is 8.17. The lowest BCUT2D eigenvalue weighted by molar-refractivity contribution is -0.131. The number of aromatic nitrogens is 4. The molecule has 204 valence electrons. The molecule has 2 aromatic heterocycles. The zero-order valence-corrected chi connectivity index (χ0v) is 23.9. The summed E-state index contributed by atoms with van der Waals surface area (Å²) in [6.45, 7) is 11.7. The summed E-state index contributed by atoms with van der Waals surface area (Å²) in [5.41, 5.74) is 1.57. The van der Waals surface area contributed by atoms with Gasteiger partial charge in [0.25, 0.3) is 0 Å². The van der Waals surface area contributed by atoms with Crippen LogP contribution in [-0.4, -0.2) is 102 Å². The molecule has 0 bridgehead atoms. The molecule has 38 heavy (non-hydrogen) atoms. The van der Waals surface area contributed by atoms with Crippen LogP contribution >= 0.6 is 23.1 Å². The summed E-state index contributed by atoms with van der Waals surface area (Å²) in [4.78, 5) is 37.6. The van der Waals surface area contributed by atoms with E-state index in [1.165, 1.54) is 11.8 Å². The lowest BCUT2D eigenvalue weighted by Gasteiger charge is -2.31. The van der Waals surface area contributed by atoms with E-state index in [4.69, 9.17) is 29.4 Å². The molecule has 1 N–H and O–H groups in total. The maximum atomic E-state index is 12.6. The van der Waals surface area contributed by atoms with E-state index in [1.54, 1.807) is 16.2 Å². The van der Waals surface area contributed by atoms with Crippen molar-refractivity contribution in [3.8, 4) is 0 Å². The van der Waals surface area contributed by atoms with Crippen LogP contribution in [0.1, 0.15) is 20.8 Å². The second-order valence-corrected chi connectivity index (χ2v) is 12.4. The van der Waals surface area contributed by atoms with Crippen LogP contribution in [0.25, 0.3) is 10.2 Å². The first kappa shape index (κ1) is 26.9. The van der Waals surface area contributed by atoms with Crippen molar-refractivity contribution in [3.05, 3.63) is 18.2 Å². The maximum absolute atomic E-state index is 12.6. The third-order valence-corrected chi connectivity index (χ3v) is 8.67. The van der Waals surface area contributed by atoms with Gasteiger partial charge in [-0.2, -0.15) is 15.0 Å². The van der Waals surface area contributed by atoms with Crippen molar-refractivity contribution >= 4 is 62.8 Å². The smallest absolute Gasteiger partial charge is 0.233 e. The average molecular weight is 559 g/mol. The predicted molar refractivity (Wildman–Crippen MR) is 152 cm³/mol. The fourth-order valence-corrected chi connectivity index (χ4v) is 6.01. The Morgan fingerprint density at radius 1 is 1.00 bits per heavy atom. The molecule has 13 heteroatoms. The first-order valence-corrected chi connectivity index (χ1v) is 14.5. The second kappa shape index (κ2) is 11.6. The second-order valence-electron chi connectivity index (χ2n) is 10.2. The highest BCUT2D eigenvalue weighted by Crippen LogP contribution is 2.32. The van der Waals surface area contributed by atoms with E-state index in [9.17, 15) is 4.79 Å². The van der Waals surface area contributed by atoms with E-state index in [0.29, 0.717) is 50.0 Å². The van der Waals surface area contributed by atoms with Crippen LogP contribution in [0.2, 0.25) is 0 Å². The van der Waals surface area contributed by atoms with Crippen LogP contribution in [0.15, 0.2) is 22.5 Å². The number of thioether (sulfide) groups is 1. The number of thiazole rings is 1. The average Bonchev–Trinajstić information content (AvgIpc) is 3.34. The highest BCUT2D eigenvalue weighted by Gasteiger charge is 2.23. The quantitative estimate of drug-likeness (QED) is 0.432. The lowest BCUT2D eigenvalue weighted by atomic mass is 10.1. The number of hydrogen-bond acceptors (Lipinski definition) is 12. The fourth-order valence-electron chi connectivity index (χ4n) is 3.99. The molecule has 2 aliphatic rings. The van der Waals surface area contributed by atoms with Gasteiger partial charge in [0.15, 0.2) is 4.34 Å². The van der Waals surface area contributed by atoms with E-state index >= 15 is 0 Å². The summed E-state index contributed by atoms with van der Waals surface area (Å²) in [6.07, 6.45) is 0. The number of benzene rings is 1. The number of anilines is 4.